The maximum atomic E-state index is 13.7. The van der Waals surface area contributed by atoms with E-state index < -0.39 is 5.92 Å². The summed E-state index contributed by atoms with van der Waals surface area (Å²) in [5.41, 5.74) is 1.45. The molecule has 6 heteroatoms. The van der Waals surface area contributed by atoms with E-state index in [4.69, 9.17) is 0 Å². The van der Waals surface area contributed by atoms with Crippen LogP contribution in [0.4, 0.5) is 13.2 Å². The summed E-state index contributed by atoms with van der Waals surface area (Å²) in [4.78, 5) is 18.1. The van der Waals surface area contributed by atoms with Crippen molar-refractivity contribution in [2.45, 2.75) is 25.2 Å². The van der Waals surface area contributed by atoms with Crippen LogP contribution < -0.4 is 0 Å². The van der Waals surface area contributed by atoms with Crippen molar-refractivity contribution in [3.05, 3.63) is 65.2 Å². The van der Waals surface area contributed by atoms with E-state index in [0.717, 1.165) is 0 Å². The Morgan fingerprint density at radius 3 is 2.58 bits per heavy atom. The molecule has 3 rings (SSSR count). The fourth-order valence-corrected chi connectivity index (χ4v) is 2.76. The second kappa shape index (κ2) is 6.63. The summed E-state index contributed by atoms with van der Waals surface area (Å²) in [6, 6.07) is 9.54. The van der Waals surface area contributed by atoms with E-state index in [0.29, 0.717) is 16.8 Å². The zero-order valence-electron chi connectivity index (χ0n) is 13.0. The third-order valence-electron chi connectivity index (χ3n) is 4.18. The van der Waals surface area contributed by atoms with Crippen molar-refractivity contribution >= 4 is 5.91 Å². The number of hydrogen-bond donors (Lipinski definition) is 0. The van der Waals surface area contributed by atoms with Gasteiger partial charge < -0.3 is 4.90 Å². The fraction of sp³-hybridized carbons (Fsp3) is 0.333. The summed E-state index contributed by atoms with van der Waals surface area (Å²) in [6.07, 6.45) is 1.13. The molecule has 0 unspecified atom stereocenters. The molecule has 0 spiro atoms. The molecule has 1 aliphatic rings. The van der Waals surface area contributed by atoms with Crippen molar-refractivity contribution in [3.63, 3.8) is 0 Å². The SMILES string of the molecule is O=C(c1ccnc(Cc2ccccc2F)c1)N1CCC(F)(F)CC1. The van der Waals surface area contributed by atoms with Gasteiger partial charge in [0.1, 0.15) is 5.82 Å². The van der Waals surface area contributed by atoms with Gasteiger partial charge in [0, 0.05) is 49.8 Å². The summed E-state index contributed by atoms with van der Waals surface area (Å²) < 4.78 is 40.1. The molecule has 3 nitrogen and oxygen atoms in total. The van der Waals surface area contributed by atoms with Crippen LogP contribution in [0, 0.1) is 5.82 Å². The normalized spacial score (nSPS) is 16.9. The van der Waals surface area contributed by atoms with Gasteiger partial charge in [0.2, 0.25) is 0 Å². The number of aromatic nitrogens is 1. The Kier molecular flexibility index (Phi) is 4.55. The highest BCUT2D eigenvalue weighted by Crippen LogP contribution is 2.28. The minimum atomic E-state index is -2.69. The molecule has 0 aliphatic carbocycles. The monoisotopic (exact) mass is 334 g/mol. The van der Waals surface area contributed by atoms with Crippen LogP contribution in [0.15, 0.2) is 42.6 Å². The van der Waals surface area contributed by atoms with Gasteiger partial charge in [0.15, 0.2) is 0 Å². The van der Waals surface area contributed by atoms with E-state index >= 15 is 0 Å². The lowest BCUT2D eigenvalue weighted by molar-refractivity contribution is -0.0494. The van der Waals surface area contributed by atoms with E-state index in [2.05, 4.69) is 4.98 Å². The number of rotatable bonds is 3. The number of pyridine rings is 1. The molecule has 0 N–H and O–H groups in total. The minimum absolute atomic E-state index is 0.0385. The summed E-state index contributed by atoms with van der Waals surface area (Å²) >= 11 is 0. The number of hydrogen-bond acceptors (Lipinski definition) is 2. The molecule has 0 bridgehead atoms. The number of piperidine rings is 1. The Morgan fingerprint density at radius 1 is 1.17 bits per heavy atom. The van der Waals surface area contributed by atoms with Crippen LogP contribution in [0.2, 0.25) is 0 Å². The van der Waals surface area contributed by atoms with Gasteiger partial charge in [0.05, 0.1) is 0 Å². The molecule has 2 aromatic rings. The van der Waals surface area contributed by atoms with E-state index in [-0.39, 0.29) is 44.1 Å². The van der Waals surface area contributed by atoms with Gasteiger partial charge >= 0.3 is 0 Å². The maximum Gasteiger partial charge on any atom is 0.253 e. The number of alkyl halides is 2. The number of carbonyl (C=O) groups is 1. The number of amides is 1. The zero-order chi connectivity index (χ0) is 17.2. The largest absolute Gasteiger partial charge is 0.338 e. The maximum absolute atomic E-state index is 13.7. The van der Waals surface area contributed by atoms with Crippen molar-refractivity contribution in [1.82, 2.24) is 9.88 Å². The molecule has 1 saturated heterocycles. The molecule has 1 aromatic heterocycles. The molecule has 1 aromatic carbocycles. The van der Waals surface area contributed by atoms with Crippen LogP contribution in [0.3, 0.4) is 0 Å². The first kappa shape index (κ1) is 16.5. The minimum Gasteiger partial charge on any atom is -0.338 e. The van der Waals surface area contributed by atoms with Crippen molar-refractivity contribution in [2.75, 3.05) is 13.1 Å². The van der Waals surface area contributed by atoms with E-state index in [1.165, 1.54) is 17.2 Å². The van der Waals surface area contributed by atoms with Gasteiger partial charge in [-0.15, -0.1) is 0 Å². The molecular weight excluding hydrogens is 317 g/mol. The predicted octanol–water partition coefficient (Wildman–Crippen LogP) is 3.68. The van der Waals surface area contributed by atoms with Gasteiger partial charge in [-0.05, 0) is 23.8 Å². The molecule has 0 radical (unpaired) electrons. The molecule has 1 aliphatic heterocycles. The topological polar surface area (TPSA) is 33.2 Å². The highest BCUT2D eigenvalue weighted by atomic mass is 19.3. The van der Waals surface area contributed by atoms with Crippen LogP contribution in [-0.2, 0) is 6.42 Å². The van der Waals surface area contributed by atoms with Crippen molar-refractivity contribution < 1.29 is 18.0 Å². The van der Waals surface area contributed by atoms with Crippen LogP contribution in [0.1, 0.15) is 34.5 Å². The molecule has 24 heavy (non-hydrogen) atoms. The molecule has 0 atom stereocenters. The number of nitrogens with zero attached hydrogens (tertiary/aromatic N) is 2. The number of likely N-dealkylation sites (tertiary alicyclic amines) is 1. The molecule has 0 saturated carbocycles. The summed E-state index contributed by atoms with van der Waals surface area (Å²) in [6.45, 7) is 0.0770. The second-order valence-electron chi connectivity index (χ2n) is 5.95. The predicted molar refractivity (Wildman–Crippen MR) is 83.5 cm³/mol. The lowest BCUT2D eigenvalue weighted by Crippen LogP contribution is -2.42. The van der Waals surface area contributed by atoms with Crippen LogP contribution in [0.25, 0.3) is 0 Å². The Hall–Kier alpha value is -2.37. The zero-order valence-corrected chi connectivity index (χ0v) is 13.0. The first-order valence-corrected chi connectivity index (χ1v) is 7.80. The van der Waals surface area contributed by atoms with Gasteiger partial charge in [-0.3, -0.25) is 9.78 Å². The summed E-state index contributed by atoms with van der Waals surface area (Å²) in [5, 5.41) is 0. The van der Waals surface area contributed by atoms with Crippen molar-refractivity contribution in [3.8, 4) is 0 Å². The Morgan fingerprint density at radius 2 is 1.88 bits per heavy atom. The molecule has 126 valence electrons. The van der Waals surface area contributed by atoms with E-state index in [1.54, 1.807) is 30.3 Å². The molecule has 2 heterocycles. The smallest absolute Gasteiger partial charge is 0.253 e. The van der Waals surface area contributed by atoms with Gasteiger partial charge in [0.25, 0.3) is 11.8 Å². The summed E-state index contributed by atoms with van der Waals surface area (Å²) in [7, 11) is 0. The molecule has 1 amide bonds. The lowest BCUT2D eigenvalue weighted by Gasteiger charge is -2.31. The number of carbonyl (C=O) groups excluding carboxylic acids is 1. The summed E-state index contributed by atoms with van der Waals surface area (Å²) in [5.74, 6) is -3.30. The lowest BCUT2D eigenvalue weighted by atomic mass is 10.0. The Bertz CT molecular complexity index is 739. The average molecular weight is 334 g/mol. The van der Waals surface area contributed by atoms with Crippen LogP contribution >= 0.6 is 0 Å². The van der Waals surface area contributed by atoms with Gasteiger partial charge in [-0.1, -0.05) is 18.2 Å². The quantitative estimate of drug-likeness (QED) is 0.858. The van der Waals surface area contributed by atoms with Crippen molar-refractivity contribution in [2.24, 2.45) is 0 Å². The Balaban J connectivity index is 1.73. The molecule has 1 fully saturated rings. The second-order valence-corrected chi connectivity index (χ2v) is 5.95. The van der Waals surface area contributed by atoms with Crippen LogP contribution in [-0.4, -0.2) is 34.8 Å². The van der Waals surface area contributed by atoms with Crippen molar-refractivity contribution in [1.29, 1.82) is 0 Å². The standard InChI is InChI=1S/C18H17F3N2O/c19-16-4-2-1-3-13(16)11-15-12-14(5-8-22-15)17(24)23-9-6-18(20,21)7-10-23/h1-5,8,12H,6-7,9-11H2. The van der Waals surface area contributed by atoms with Gasteiger partial charge in [-0.2, -0.15) is 0 Å². The van der Waals surface area contributed by atoms with Crippen LogP contribution in [0.5, 0.6) is 0 Å². The third kappa shape index (κ3) is 3.75. The average Bonchev–Trinajstić information content (AvgIpc) is 2.57. The van der Waals surface area contributed by atoms with E-state index in [1.807, 2.05) is 0 Å². The highest BCUT2D eigenvalue weighted by Gasteiger charge is 2.35. The highest BCUT2D eigenvalue weighted by molar-refractivity contribution is 5.94. The third-order valence-corrected chi connectivity index (χ3v) is 4.18. The Labute approximate surface area is 138 Å². The van der Waals surface area contributed by atoms with E-state index in [9.17, 15) is 18.0 Å². The first-order valence-electron chi connectivity index (χ1n) is 7.80. The number of benzene rings is 1. The number of halogens is 3. The first-order chi connectivity index (χ1) is 11.4. The molecular formula is C18H17F3N2O. The van der Waals surface area contributed by atoms with Gasteiger partial charge in [-0.25, -0.2) is 13.2 Å². The fourth-order valence-electron chi connectivity index (χ4n) is 2.76.